The second-order valence-electron chi connectivity index (χ2n) is 6.41. The third kappa shape index (κ3) is 3.50. The smallest absolute Gasteiger partial charge is 0.123 e. The van der Waals surface area contributed by atoms with Crippen LogP contribution in [0.4, 0.5) is 0 Å². The van der Waals surface area contributed by atoms with Crippen LogP contribution in [0.5, 0.6) is 5.75 Å². The van der Waals surface area contributed by atoms with Crippen LogP contribution in [0.3, 0.4) is 0 Å². The van der Waals surface area contributed by atoms with E-state index in [9.17, 15) is 0 Å². The van der Waals surface area contributed by atoms with Crippen molar-refractivity contribution in [3.63, 3.8) is 0 Å². The van der Waals surface area contributed by atoms with E-state index in [1.54, 1.807) is 0 Å². The molecule has 0 saturated carbocycles. The van der Waals surface area contributed by atoms with E-state index >= 15 is 0 Å². The van der Waals surface area contributed by atoms with Gasteiger partial charge in [0.1, 0.15) is 11.9 Å². The van der Waals surface area contributed by atoms with Gasteiger partial charge in [-0.2, -0.15) is 0 Å². The maximum absolute atomic E-state index is 6.06. The number of halogens is 1. The van der Waals surface area contributed by atoms with Crippen molar-refractivity contribution in [2.45, 2.75) is 57.9 Å². The number of aryl methyl sites for hydroxylation is 1. The molecule has 1 aromatic rings. The van der Waals surface area contributed by atoms with Crippen LogP contribution in [0.25, 0.3) is 0 Å². The lowest BCUT2D eigenvalue weighted by atomic mass is 9.81. The van der Waals surface area contributed by atoms with Gasteiger partial charge in [-0.15, -0.1) is 0 Å². The van der Waals surface area contributed by atoms with Crippen LogP contribution < -0.4 is 4.74 Å². The Morgan fingerprint density at radius 2 is 2.17 bits per heavy atom. The van der Waals surface area contributed by atoms with Gasteiger partial charge in [0, 0.05) is 11.2 Å². The highest BCUT2D eigenvalue weighted by atomic mass is 79.9. The molecule has 1 aliphatic rings. The van der Waals surface area contributed by atoms with Crippen LogP contribution in [-0.4, -0.2) is 10.9 Å². The Bertz CT molecular complexity index is 423. The zero-order valence-electron chi connectivity index (χ0n) is 11.8. The molecule has 2 rings (SSSR count). The van der Waals surface area contributed by atoms with Gasteiger partial charge in [0.25, 0.3) is 0 Å². The van der Waals surface area contributed by atoms with Crippen molar-refractivity contribution >= 4 is 15.9 Å². The first-order valence-corrected chi connectivity index (χ1v) is 7.67. The average Bonchev–Trinajstić information content (AvgIpc) is 2.55. The predicted molar refractivity (Wildman–Crippen MR) is 80.7 cm³/mol. The van der Waals surface area contributed by atoms with Crippen LogP contribution in [0.2, 0.25) is 0 Å². The molecule has 0 radical (unpaired) electrons. The zero-order chi connectivity index (χ0) is 13.3. The fourth-order valence-corrected chi connectivity index (χ4v) is 3.90. The van der Waals surface area contributed by atoms with Crippen LogP contribution in [0.1, 0.15) is 44.7 Å². The van der Waals surface area contributed by atoms with Crippen LogP contribution in [0, 0.1) is 12.3 Å². The van der Waals surface area contributed by atoms with E-state index in [0.29, 0.717) is 16.3 Å². The lowest BCUT2D eigenvalue weighted by molar-refractivity contribution is 0.151. The standard InChI is InChI=1S/C16H23BrO/c1-11-5-6-15-13(7-11)8-14(18-15)10-16(3,4)9-12(2)17/h5-7,12,14H,8-10H2,1-4H3. The van der Waals surface area contributed by atoms with E-state index in [2.05, 4.69) is 61.8 Å². The van der Waals surface area contributed by atoms with Crippen molar-refractivity contribution in [2.75, 3.05) is 0 Å². The molecule has 18 heavy (non-hydrogen) atoms. The Morgan fingerprint density at radius 3 is 2.83 bits per heavy atom. The van der Waals surface area contributed by atoms with Gasteiger partial charge in [-0.1, -0.05) is 54.4 Å². The molecule has 0 saturated heterocycles. The van der Waals surface area contributed by atoms with Gasteiger partial charge in [0.2, 0.25) is 0 Å². The zero-order valence-corrected chi connectivity index (χ0v) is 13.4. The molecule has 2 heteroatoms. The van der Waals surface area contributed by atoms with E-state index in [1.807, 2.05) is 0 Å². The molecule has 0 aliphatic carbocycles. The molecular formula is C16H23BrO. The molecule has 1 nitrogen and oxygen atoms in total. The summed E-state index contributed by atoms with van der Waals surface area (Å²) in [7, 11) is 0. The number of ether oxygens (including phenoxy) is 1. The Hall–Kier alpha value is -0.500. The number of fused-ring (bicyclic) bond motifs is 1. The maximum atomic E-state index is 6.06. The predicted octanol–water partition coefficient (Wildman–Crippen LogP) is 4.89. The minimum absolute atomic E-state index is 0.324. The van der Waals surface area contributed by atoms with E-state index in [-0.39, 0.29) is 0 Å². The molecule has 0 aromatic heterocycles. The summed E-state index contributed by atoms with van der Waals surface area (Å²) in [4.78, 5) is 0.568. The van der Waals surface area contributed by atoms with Crippen LogP contribution >= 0.6 is 15.9 Å². The first kappa shape index (κ1) is 13.9. The van der Waals surface area contributed by atoms with Gasteiger partial charge in [-0.05, 0) is 36.8 Å². The van der Waals surface area contributed by atoms with E-state index < -0.39 is 0 Å². The van der Waals surface area contributed by atoms with Crippen molar-refractivity contribution in [1.82, 2.24) is 0 Å². The average molecular weight is 311 g/mol. The van der Waals surface area contributed by atoms with Crippen molar-refractivity contribution in [1.29, 1.82) is 0 Å². The highest BCUT2D eigenvalue weighted by Gasteiger charge is 2.30. The molecule has 0 fully saturated rings. The van der Waals surface area contributed by atoms with Crippen LogP contribution in [0.15, 0.2) is 18.2 Å². The van der Waals surface area contributed by atoms with E-state index in [4.69, 9.17) is 4.74 Å². The SMILES string of the molecule is Cc1ccc2c(c1)CC(CC(C)(C)CC(C)Br)O2. The quantitative estimate of drug-likeness (QED) is 0.720. The van der Waals surface area contributed by atoms with Gasteiger partial charge in [-0.25, -0.2) is 0 Å². The largest absolute Gasteiger partial charge is 0.490 e. The summed E-state index contributed by atoms with van der Waals surface area (Å²) in [5, 5.41) is 0. The number of hydrogen-bond acceptors (Lipinski definition) is 1. The highest BCUT2D eigenvalue weighted by molar-refractivity contribution is 9.09. The van der Waals surface area contributed by atoms with Gasteiger partial charge in [0.05, 0.1) is 0 Å². The molecule has 100 valence electrons. The van der Waals surface area contributed by atoms with Crippen LogP contribution in [-0.2, 0) is 6.42 Å². The van der Waals surface area contributed by atoms with Crippen molar-refractivity contribution < 1.29 is 4.74 Å². The second-order valence-corrected chi connectivity index (χ2v) is 7.97. The summed E-state index contributed by atoms with van der Waals surface area (Å²) >= 11 is 3.66. The first-order valence-electron chi connectivity index (χ1n) is 6.76. The summed E-state index contributed by atoms with van der Waals surface area (Å²) in [6.45, 7) is 9.03. The lowest BCUT2D eigenvalue weighted by Gasteiger charge is -2.28. The number of alkyl halides is 1. The second kappa shape index (κ2) is 5.24. The molecule has 1 aromatic carbocycles. The molecule has 2 atom stereocenters. The van der Waals surface area contributed by atoms with Crippen molar-refractivity contribution in [2.24, 2.45) is 5.41 Å². The summed E-state index contributed by atoms with van der Waals surface area (Å²) in [5.41, 5.74) is 3.03. The van der Waals surface area contributed by atoms with Gasteiger partial charge in [0.15, 0.2) is 0 Å². The summed E-state index contributed by atoms with van der Waals surface area (Å²) in [5.74, 6) is 1.09. The summed E-state index contributed by atoms with van der Waals surface area (Å²) < 4.78 is 6.06. The number of benzene rings is 1. The minimum atomic E-state index is 0.324. The number of hydrogen-bond donors (Lipinski definition) is 0. The highest BCUT2D eigenvalue weighted by Crippen LogP contribution is 2.37. The Morgan fingerprint density at radius 1 is 1.44 bits per heavy atom. The minimum Gasteiger partial charge on any atom is -0.490 e. The molecule has 0 spiro atoms. The fourth-order valence-electron chi connectivity index (χ4n) is 3.02. The topological polar surface area (TPSA) is 9.23 Å². The monoisotopic (exact) mass is 310 g/mol. The Balaban J connectivity index is 1.99. The lowest BCUT2D eigenvalue weighted by Crippen LogP contribution is -2.25. The van der Waals surface area contributed by atoms with Gasteiger partial charge >= 0.3 is 0 Å². The van der Waals surface area contributed by atoms with Gasteiger partial charge < -0.3 is 4.74 Å². The molecule has 0 amide bonds. The Labute approximate surface area is 119 Å². The van der Waals surface area contributed by atoms with E-state index in [1.165, 1.54) is 17.5 Å². The third-order valence-corrected chi connectivity index (χ3v) is 3.90. The molecule has 2 unspecified atom stereocenters. The van der Waals surface area contributed by atoms with E-state index in [0.717, 1.165) is 18.6 Å². The van der Waals surface area contributed by atoms with Crippen molar-refractivity contribution in [3.05, 3.63) is 29.3 Å². The summed E-state index contributed by atoms with van der Waals surface area (Å²) in [6, 6.07) is 6.51. The molecule has 0 bridgehead atoms. The first-order chi connectivity index (χ1) is 8.35. The Kier molecular flexibility index (Phi) is 4.05. The molecule has 0 N–H and O–H groups in total. The molecule has 1 heterocycles. The fraction of sp³-hybridized carbons (Fsp3) is 0.625. The summed E-state index contributed by atoms with van der Waals surface area (Å²) in [6.07, 6.45) is 3.72. The molecule has 1 aliphatic heterocycles. The third-order valence-electron chi connectivity index (χ3n) is 3.57. The van der Waals surface area contributed by atoms with Gasteiger partial charge in [-0.3, -0.25) is 0 Å². The normalized spacial score (nSPS) is 20.4. The van der Waals surface area contributed by atoms with Crippen molar-refractivity contribution in [3.8, 4) is 5.75 Å². The molecular weight excluding hydrogens is 288 g/mol. The maximum Gasteiger partial charge on any atom is 0.123 e. The number of rotatable bonds is 4.